The summed E-state index contributed by atoms with van der Waals surface area (Å²) in [4.78, 5) is 19.6. The minimum absolute atomic E-state index is 0.0968. The highest BCUT2D eigenvalue weighted by atomic mass is 35.5. The van der Waals surface area contributed by atoms with Gasteiger partial charge in [0.2, 0.25) is 5.91 Å². The number of aryl methyl sites for hydroxylation is 1. The van der Waals surface area contributed by atoms with Crippen molar-refractivity contribution in [2.24, 2.45) is 0 Å². The fourth-order valence-electron chi connectivity index (χ4n) is 4.42. The lowest BCUT2D eigenvalue weighted by Crippen LogP contribution is -2.37. The minimum Gasteiger partial charge on any atom is -0.352 e. The van der Waals surface area contributed by atoms with Gasteiger partial charge in [-0.05, 0) is 79.3 Å². The molecule has 0 radical (unpaired) electrons. The van der Waals surface area contributed by atoms with Crippen molar-refractivity contribution in [1.82, 2.24) is 19.8 Å². The number of hydrogen-bond donors (Lipinski definition) is 2. The predicted molar refractivity (Wildman–Crippen MR) is 143 cm³/mol. The molecule has 1 saturated heterocycles. The lowest BCUT2D eigenvalue weighted by atomic mass is 10.0. The van der Waals surface area contributed by atoms with E-state index < -0.39 is 0 Å². The third-order valence-corrected chi connectivity index (χ3v) is 6.85. The summed E-state index contributed by atoms with van der Waals surface area (Å²) >= 11 is 12.0. The van der Waals surface area contributed by atoms with Gasteiger partial charge in [0.15, 0.2) is 5.11 Å². The first-order valence-electron chi connectivity index (χ1n) is 11.3. The molecule has 2 aromatic carbocycles. The van der Waals surface area contributed by atoms with E-state index in [0.29, 0.717) is 5.11 Å². The van der Waals surface area contributed by atoms with Crippen LogP contribution in [0.1, 0.15) is 29.0 Å². The zero-order valence-corrected chi connectivity index (χ0v) is 20.6. The van der Waals surface area contributed by atoms with E-state index in [9.17, 15) is 4.79 Å². The number of carbonyl (C=O) groups excluding carboxylic acids is 1. The third-order valence-electron chi connectivity index (χ3n) is 6.07. The molecule has 1 amide bonds. The van der Waals surface area contributed by atoms with Crippen LogP contribution in [0.4, 0.5) is 5.69 Å². The zero-order valence-electron chi connectivity index (χ0n) is 19.1. The van der Waals surface area contributed by atoms with Crippen molar-refractivity contribution in [3.05, 3.63) is 113 Å². The van der Waals surface area contributed by atoms with Crippen LogP contribution in [0, 0.1) is 6.92 Å². The number of halogens is 1. The quantitative estimate of drug-likeness (QED) is 0.344. The molecule has 2 N–H and O–H groups in total. The van der Waals surface area contributed by atoms with Crippen LogP contribution >= 0.6 is 23.8 Å². The van der Waals surface area contributed by atoms with E-state index in [1.165, 1.54) is 0 Å². The Bertz CT molecular complexity index is 1360. The lowest BCUT2D eigenvalue weighted by molar-refractivity contribution is -0.116. The molecular formula is C27H24ClN5OS. The largest absolute Gasteiger partial charge is 0.352 e. The van der Waals surface area contributed by atoms with E-state index in [1.807, 2.05) is 84.8 Å². The van der Waals surface area contributed by atoms with Crippen LogP contribution in [0.2, 0.25) is 5.02 Å². The molecule has 6 nitrogen and oxygen atoms in total. The second-order valence-electron chi connectivity index (χ2n) is 8.41. The van der Waals surface area contributed by atoms with E-state index in [2.05, 4.69) is 32.3 Å². The van der Waals surface area contributed by atoms with Crippen LogP contribution in [0.3, 0.4) is 0 Å². The Kier molecular flexibility index (Phi) is 6.53. The average molecular weight is 502 g/mol. The molecule has 0 spiro atoms. The van der Waals surface area contributed by atoms with E-state index in [-0.39, 0.29) is 24.5 Å². The summed E-state index contributed by atoms with van der Waals surface area (Å²) in [6.07, 6.45) is 3.78. The van der Waals surface area contributed by atoms with Crippen LogP contribution in [0.15, 0.2) is 91.3 Å². The number of benzene rings is 2. The summed E-state index contributed by atoms with van der Waals surface area (Å²) in [6.45, 7) is 2.08. The first-order valence-corrected chi connectivity index (χ1v) is 12.1. The van der Waals surface area contributed by atoms with Crippen molar-refractivity contribution in [3.8, 4) is 5.69 Å². The number of hydrogen-bond acceptors (Lipinski definition) is 3. The fraction of sp³-hybridized carbons (Fsp3) is 0.148. The number of aromatic nitrogens is 2. The number of amides is 1. The summed E-state index contributed by atoms with van der Waals surface area (Å²) in [7, 11) is 0. The van der Waals surface area contributed by atoms with Gasteiger partial charge in [0.1, 0.15) is 6.54 Å². The average Bonchev–Trinajstić information content (AvgIpc) is 3.46. The van der Waals surface area contributed by atoms with Gasteiger partial charge in [-0.25, -0.2) is 0 Å². The number of thiocarbonyl (C=S) groups is 1. The number of rotatable bonds is 6. The van der Waals surface area contributed by atoms with Crippen LogP contribution in [0.5, 0.6) is 0 Å². The molecule has 2 atom stereocenters. The van der Waals surface area contributed by atoms with Gasteiger partial charge in [-0.2, -0.15) is 0 Å². The molecule has 3 heterocycles. The Morgan fingerprint density at radius 3 is 2.63 bits per heavy atom. The maximum atomic E-state index is 13.0. The molecule has 0 unspecified atom stereocenters. The number of nitrogens with one attached hydrogen (secondary N) is 2. The van der Waals surface area contributed by atoms with Gasteiger partial charge in [0, 0.05) is 34.5 Å². The van der Waals surface area contributed by atoms with Gasteiger partial charge < -0.3 is 20.1 Å². The number of nitrogens with zero attached hydrogens (tertiary/aromatic N) is 3. The highest BCUT2D eigenvalue weighted by Crippen LogP contribution is 2.39. The molecular weight excluding hydrogens is 478 g/mol. The zero-order chi connectivity index (χ0) is 24.4. The fourth-order valence-corrected chi connectivity index (χ4v) is 4.85. The molecule has 35 heavy (non-hydrogen) atoms. The summed E-state index contributed by atoms with van der Waals surface area (Å²) < 4.78 is 2.11. The summed E-state index contributed by atoms with van der Waals surface area (Å²) in [5.74, 6) is -0.146. The molecule has 1 aliphatic heterocycles. The molecule has 8 heteroatoms. The Labute approximate surface area is 214 Å². The van der Waals surface area contributed by atoms with Crippen molar-refractivity contribution in [3.63, 3.8) is 0 Å². The molecule has 0 aliphatic carbocycles. The highest BCUT2D eigenvalue weighted by Gasteiger charge is 2.42. The van der Waals surface area contributed by atoms with E-state index in [0.717, 1.165) is 33.3 Å². The third kappa shape index (κ3) is 4.78. The van der Waals surface area contributed by atoms with E-state index in [1.54, 1.807) is 6.20 Å². The van der Waals surface area contributed by atoms with Crippen LogP contribution in [0.25, 0.3) is 5.69 Å². The Morgan fingerprint density at radius 2 is 1.89 bits per heavy atom. The molecule has 1 fully saturated rings. The summed E-state index contributed by atoms with van der Waals surface area (Å²) in [5, 5.41) is 7.60. The molecule has 2 aromatic heterocycles. The molecule has 176 valence electrons. The Balaban J connectivity index is 1.52. The van der Waals surface area contributed by atoms with Crippen molar-refractivity contribution in [2.75, 3.05) is 11.9 Å². The first-order chi connectivity index (χ1) is 17.0. The molecule has 4 aromatic rings. The van der Waals surface area contributed by atoms with Gasteiger partial charge in [-0.15, -0.1) is 0 Å². The number of anilines is 1. The summed E-state index contributed by atoms with van der Waals surface area (Å²) in [6, 6.07) is 24.7. The first kappa shape index (κ1) is 23.1. The molecule has 1 aliphatic rings. The topological polar surface area (TPSA) is 62.2 Å². The maximum absolute atomic E-state index is 13.0. The lowest BCUT2D eigenvalue weighted by Gasteiger charge is -2.28. The standard InChI is InChI=1S/C27H24ClN5OS/c1-18-16-20(12-13-21(18)28)32-15-7-11-23(32)26-25(22-10-5-6-14-29-22)31-27(35)33(26)17-24(34)30-19-8-3-2-4-9-19/h2-16,25-26H,17H2,1H3,(H,30,34)(H,31,35)/t25-,26+/m0/s1. The van der Waals surface area contributed by atoms with E-state index >= 15 is 0 Å². The predicted octanol–water partition coefficient (Wildman–Crippen LogP) is 5.45. The van der Waals surface area contributed by atoms with Crippen LogP contribution < -0.4 is 10.6 Å². The number of pyridine rings is 1. The van der Waals surface area contributed by atoms with Crippen molar-refractivity contribution in [1.29, 1.82) is 0 Å². The Hall–Kier alpha value is -3.68. The normalized spacial score (nSPS) is 17.3. The molecule has 5 rings (SSSR count). The number of para-hydroxylation sites is 1. The summed E-state index contributed by atoms with van der Waals surface area (Å²) in [5.41, 5.74) is 4.56. The smallest absolute Gasteiger partial charge is 0.244 e. The molecule has 0 saturated carbocycles. The van der Waals surface area contributed by atoms with Gasteiger partial charge >= 0.3 is 0 Å². The van der Waals surface area contributed by atoms with Gasteiger partial charge in [0.05, 0.1) is 17.8 Å². The van der Waals surface area contributed by atoms with Gasteiger partial charge in [-0.3, -0.25) is 9.78 Å². The van der Waals surface area contributed by atoms with Crippen LogP contribution in [-0.4, -0.2) is 32.0 Å². The van der Waals surface area contributed by atoms with Gasteiger partial charge in [-0.1, -0.05) is 35.9 Å². The number of carbonyl (C=O) groups is 1. The maximum Gasteiger partial charge on any atom is 0.244 e. The van der Waals surface area contributed by atoms with Gasteiger partial charge in [0.25, 0.3) is 0 Å². The van der Waals surface area contributed by atoms with Crippen molar-refractivity contribution < 1.29 is 4.79 Å². The highest BCUT2D eigenvalue weighted by molar-refractivity contribution is 7.80. The monoisotopic (exact) mass is 501 g/mol. The van der Waals surface area contributed by atoms with Crippen LogP contribution in [-0.2, 0) is 4.79 Å². The second kappa shape index (κ2) is 9.90. The van der Waals surface area contributed by atoms with Crippen molar-refractivity contribution >= 4 is 40.5 Å². The minimum atomic E-state index is -0.259. The second-order valence-corrected chi connectivity index (χ2v) is 9.20. The van der Waals surface area contributed by atoms with Crippen molar-refractivity contribution in [2.45, 2.75) is 19.0 Å². The molecule has 0 bridgehead atoms. The Morgan fingerprint density at radius 1 is 1.09 bits per heavy atom. The van der Waals surface area contributed by atoms with E-state index in [4.69, 9.17) is 23.8 Å². The SMILES string of the molecule is Cc1cc(-n2cccc2[C@@H]2[C@H](c3ccccn3)NC(=S)N2CC(=O)Nc2ccccc2)ccc1Cl.